The largest absolute Gasteiger partial charge is 0.379 e. The van der Waals surface area contributed by atoms with Gasteiger partial charge in [0.05, 0.1) is 18.7 Å². The van der Waals surface area contributed by atoms with Gasteiger partial charge in [-0.1, -0.05) is 28.1 Å². The number of urea groups is 1. The molecule has 98 valence electrons. The maximum absolute atomic E-state index is 11.8. The minimum Gasteiger partial charge on any atom is -0.379 e. The summed E-state index contributed by atoms with van der Waals surface area (Å²) >= 11 is 3.39. The summed E-state index contributed by atoms with van der Waals surface area (Å²) in [6.07, 6.45) is 0.889. The van der Waals surface area contributed by atoms with Gasteiger partial charge in [-0.2, -0.15) is 0 Å². The Morgan fingerprint density at radius 3 is 2.78 bits per heavy atom. The molecule has 1 saturated heterocycles. The Morgan fingerprint density at radius 2 is 2.17 bits per heavy atom. The number of hydrogen-bond donors (Lipinski definition) is 2. The molecule has 1 fully saturated rings. The summed E-state index contributed by atoms with van der Waals surface area (Å²) in [5.41, 5.74) is 1.08. The molecule has 2 rings (SSSR count). The summed E-state index contributed by atoms with van der Waals surface area (Å²) in [6.45, 7) is 3.31. The van der Waals surface area contributed by atoms with Gasteiger partial charge in [-0.15, -0.1) is 0 Å². The monoisotopic (exact) mass is 312 g/mol. The Kier molecular flexibility index (Phi) is 4.60. The summed E-state index contributed by atoms with van der Waals surface area (Å²) in [4.78, 5) is 11.8. The van der Waals surface area contributed by atoms with Crippen molar-refractivity contribution < 1.29 is 9.53 Å². The first-order chi connectivity index (χ1) is 8.65. The van der Waals surface area contributed by atoms with Crippen molar-refractivity contribution >= 4 is 22.0 Å². The van der Waals surface area contributed by atoms with Crippen LogP contribution < -0.4 is 10.6 Å². The molecule has 5 heteroatoms. The molecular weight excluding hydrogens is 296 g/mol. The maximum Gasteiger partial charge on any atom is 0.315 e. The van der Waals surface area contributed by atoms with Gasteiger partial charge in [0, 0.05) is 11.1 Å². The maximum atomic E-state index is 11.8. The number of hydrogen-bond acceptors (Lipinski definition) is 2. The molecule has 0 aromatic heterocycles. The van der Waals surface area contributed by atoms with Crippen LogP contribution in [0.3, 0.4) is 0 Å². The highest BCUT2D eigenvalue weighted by Crippen LogP contribution is 2.16. The predicted molar refractivity (Wildman–Crippen MR) is 73.4 cm³/mol. The van der Waals surface area contributed by atoms with Crippen molar-refractivity contribution in [3.05, 3.63) is 34.3 Å². The normalized spacial score (nSPS) is 20.4. The molecule has 1 heterocycles. The van der Waals surface area contributed by atoms with E-state index in [1.807, 2.05) is 31.2 Å². The smallest absolute Gasteiger partial charge is 0.315 e. The highest BCUT2D eigenvalue weighted by Gasteiger charge is 2.18. The van der Waals surface area contributed by atoms with Crippen LogP contribution in [0.4, 0.5) is 4.79 Å². The molecule has 1 unspecified atom stereocenters. The molecule has 1 aromatic carbocycles. The zero-order chi connectivity index (χ0) is 13.0. The average molecular weight is 313 g/mol. The van der Waals surface area contributed by atoms with Gasteiger partial charge in [0.25, 0.3) is 0 Å². The van der Waals surface area contributed by atoms with Gasteiger partial charge in [-0.25, -0.2) is 4.79 Å². The number of ether oxygens (including phenoxy) is 1. The van der Waals surface area contributed by atoms with Crippen molar-refractivity contribution in [3.63, 3.8) is 0 Å². The van der Waals surface area contributed by atoms with Gasteiger partial charge >= 0.3 is 6.03 Å². The van der Waals surface area contributed by atoms with E-state index in [2.05, 4.69) is 26.6 Å². The lowest BCUT2D eigenvalue weighted by molar-refractivity contribution is 0.188. The first kappa shape index (κ1) is 13.4. The van der Waals surface area contributed by atoms with Crippen LogP contribution in [-0.2, 0) is 4.74 Å². The molecule has 0 saturated carbocycles. The van der Waals surface area contributed by atoms with E-state index in [1.165, 1.54) is 0 Å². The topological polar surface area (TPSA) is 50.4 Å². The molecule has 0 aliphatic carbocycles. The first-order valence-corrected chi connectivity index (χ1v) is 6.84. The van der Waals surface area contributed by atoms with Crippen LogP contribution in [0.25, 0.3) is 0 Å². The van der Waals surface area contributed by atoms with Crippen LogP contribution in [0.1, 0.15) is 24.9 Å². The van der Waals surface area contributed by atoms with E-state index < -0.39 is 0 Å². The number of carbonyl (C=O) groups is 1. The van der Waals surface area contributed by atoms with Crippen molar-refractivity contribution in [2.24, 2.45) is 0 Å². The van der Waals surface area contributed by atoms with Gasteiger partial charge in [0.1, 0.15) is 0 Å². The third kappa shape index (κ3) is 3.71. The molecule has 4 nitrogen and oxygen atoms in total. The lowest BCUT2D eigenvalue weighted by Crippen LogP contribution is -2.43. The number of benzene rings is 1. The number of rotatable bonds is 3. The SMILES string of the molecule is C[C@@H](NC(=O)NC1CCOC1)c1ccc(Br)cc1. The van der Waals surface area contributed by atoms with E-state index in [0.29, 0.717) is 6.61 Å². The molecule has 1 aromatic rings. The van der Waals surface area contributed by atoms with E-state index in [1.54, 1.807) is 0 Å². The third-order valence-electron chi connectivity index (χ3n) is 2.98. The molecule has 2 N–H and O–H groups in total. The van der Waals surface area contributed by atoms with Crippen molar-refractivity contribution in [1.82, 2.24) is 10.6 Å². The average Bonchev–Trinajstić information content (AvgIpc) is 2.82. The van der Waals surface area contributed by atoms with E-state index in [4.69, 9.17) is 4.74 Å². The summed E-state index contributed by atoms with van der Waals surface area (Å²) < 4.78 is 6.25. The van der Waals surface area contributed by atoms with Crippen molar-refractivity contribution in [2.75, 3.05) is 13.2 Å². The van der Waals surface area contributed by atoms with E-state index >= 15 is 0 Å². The molecule has 1 aliphatic heterocycles. The van der Waals surface area contributed by atoms with E-state index in [0.717, 1.165) is 23.1 Å². The molecule has 1 aliphatic rings. The fraction of sp³-hybridized carbons (Fsp3) is 0.462. The van der Waals surface area contributed by atoms with Crippen molar-refractivity contribution in [1.29, 1.82) is 0 Å². The number of halogens is 1. The van der Waals surface area contributed by atoms with E-state index in [-0.39, 0.29) is 18.1 Å². The van der Waals surface area contributed by atoms with Gasteiger partial charge in [-0.05, 0) is 31.0 Å². The van der Waals surface area contributed by atoms with Crippen LogP contribution >= 0.6 is 15.9 Å². The quantitative estimate of drug-likeness (QED) is 0.901. The fourth-order valence-corrected chi connectivity index (χ4v) is 2.17. The molecule has 0 spiro atoms. The second-order valence-electron chi connectivity index (χ2n) is 4.45. The highest BCUT2D eigenvalue weighted by atomic mass is 79.9. The van der Waals surface area contributed by atoms with Gasteiger partial charge in [0.15, 0.2) is 0 Å². The zero-order valence-corrected chi connectivity index (χ0v) is 11.9. The Hall–Kier alpha value is -1.07. The Labute approximate surface area is 115 Å². The molecule has 18 heavy (non-hydrogen) atoms. The summed E-state index contributed by atoms with van der Waals surface area (Å²) in [5.74, 6) is 0. The highest BCUT2D eigenvalue weighted by molar-refractivity contribution is 9.10. The molecule has 2 amide bonds. The van der Waals surface area contributed by atoms with Gasteiger partial charge < -0.3 is 15.4 Å². The predicted octanol–water partition coefficient (Wildman–Crippen LogP) is 2.60. The second kappa shape index (κ2) is 6.20. The number of nitrogens with one attached hydrogen (secondary N) is 2. The van der Waals surface area contributed by atoms with Crippen molar-refractivity contribution in [2.45, 2.75) is 25.4 Å². The number of amides is 2. The van der Waals surface area contributed by atoms with Crippen molar-refractivity contribution in [3.8, 4) is 0 Å². The van der Waals surface area contributed by atoms with Gasteiger partial charge in [0.2, 0.25) is 0 Å². The number of carbonyl (C=O) groups excluding carboxylic acids is 1. The van der Waals surface area contributed by atoms with E-state index in [9.17, 15) is 4.79 Å². The summed E-state index contributed by atoms with van der Waals surface area (Å²) in [7, 11) is 0. The molecular formula is C13H17BrN2O2. The summed E-state index contributed by atoms with van der Waals surface area (Å²) in [5, 5.41) is 5.83. The fourth-order valence-electron chi connectivity index (χ4n) is 1.91. The standard InChI is InChI=1S/C13H17BrN2O2/c1-9(10-2-4-11(14)5-3-10)15-13(17)16-12-6-7-18-8-12/h2-5,9,12H,6-8H2,1H3,(H2,15,16,17)/t9-,12?/m1/s1. The molecule has 0 radical (unpaired) electrons. The van der Waals surface area contributed by atoms with Crippen LogP contribution in [0.2, 0.25) is 0 Å². The Morgan fingerprint density at radius 1 is 1.44 bits per heavy atom. The van der Waals surface area contributed by atoms with Crippen LogP contribution in [-0.4, -0.2) is 25.3 Å². The van der Waals surface area contributed by atoms with Crippen LogP contribution in [0.15, 0.2) is 28.7 Å². The Balaban J connectivity index is 1.84. The minimum absolute atomic E-state index is 0.0135. The van der Waals surface area contributed by atoms with Gasteiger partial charge in [-0.3, -0.25) is 0 Å². The van der Waals surface area contributed by atoms with Crippen LogP contribution in [0.5, 0.6) is 0 Å². The minimum atomic E-state index is -0.138. The lowest BCUT2D eigenvalue weighted by Gasteiger charge is -2.17. The zero-order valence-electron chi connectivity index (χ0n) is 10.3. The molecule has 0 bridgehead atoms. The molecule has 2 atom stereocenters. The Bertz CT molecular complexity index is 402. The van der Waals surface area contributed by atoms with Crippen LogP contribution in [0, 0.1) is 0 Å². The third-order valence-corrected chi connectivity index (χ3v) is 3.51. The lowest BCUT2D eigenvalue weighted by atomic mass is 10.1. The first-order valence-electron chi connectivity index (χ1n) is 6.05. The summed E-state index contributed by atoms with van der Waals surface area (Å²) in [6, 6.07) is 7.91. The second-order valence-corrected chi connectivity index (χ2v) is 5.37.